The Hall–Kier alpha value is -2.83. The highest BCUT2D eigenvalue weighted by molar-refractivity contribution is 7.98. The molecule has 5 nitrogen and oxygen atoms in total. The largest absolute Gasteiger partial charge is 0.405 e. The second-order valence-electron chi connectivity index (χ2n) is 8.58. The number of hydrogen-bond donors (Lipinski definition) is 2. The van der Waals surface area contributed by atoms with Crippen LogP contribution in [0.1, 0.15) is 76.5 Å². The molecule has 0 aliphatic heterocycles. The number of nitrogens with zero attached hydrogens (tertiary/aromatic N) is 3. The van der Waals surface area contributed by atoms with Gasteiger partial charge in [-0.1, -0.05) is 76.3 Å². The summed E-state index contributed by atoms with van der Waals surface area (Å²) in [5.74, 6) is 1.94. The molecule has 0 atom stereocenters. The molecule has 0 amide bonds. The number of thioether (sulfide) groups is 1. The average molecular weight is 536 g/mol. The quantitative estimate of drug-likeness (QED) is 0.268. The zero-order valence-electron chi connectivity index (χ0n) is 24.2. The molecule has 0 unspecified atom stereocenters. The topological polar surface area (TPSA) is 67.1 Å². The average Bonchev–Trinajstić information content (AvgIpc) is 3.23. The molecule has 1 heterocycles. The molecule has 3 N–H and O–H groups in total. The van der Waals surface area contributed by atoms with Crippen LogP contribution >= 0.6 is 11.8 Å². The van der Waals surface area contributed by atoms with Gasteiger partial charge in [0.15, 0.2) is 0 Å². The van der Waals surface area contributed by atoms with E-state index in [1.807, 2.05) is 74.4 Å². The van der Waals surface area contributed by atoms with Gasteiger partial charge in [0, 0.05) is 23.7 Å². The van der Waals surface area contributed by atoms with Crippen molar-refractivity contribution < 1.29 is 0 Å². The molecule has 1 aliphatic rings. The maximum Gasteiger partial charge on any atom is 0.226 e. The first kappa shape index (κ1) is 33.2. The molecule has 1 aliphatic carbocycles. The predicted octanol–water partition coefficient (Wildman–Crippen LogP) is 8.11. The fourth-order valence-electron chi connectivity index (χ4n) is 3.79. The van der Waals surface area contributed by atoms with Gasteiger partial charge in [-0.25, -0.2) is 9.97 Å². The van der Waals surface area contributed by atoms with Crippen LogP contribution in [0.25, 0.3) is 18.2 Å². The van der Waals surface area contributed by atoms with E-state index in [1.54, 1.807) is 6.20 Å². The molecule has 0 fully saturated rings. The summed E-state index contributed by atoms with van der Waals surface area (Å²) in [4.78, 5) is 11.3. The first-order valence-electron chi connectivity index (χ1n) is 14.0. The molecule has 0 spiro atoms. The van der Waals surface area contributed by atoms with Crippen LogP contribution in [-0.2, 0) is 0 Å². The van der Waals surface area contributed by atoms with Crippen LogP contribution < -0.4 is 11.1 Å². The number of rotatable bonds is 12. The minimum Gasteiger partial charge on any atom is -0.405 e. The first-order chi connectivity index (χ1) is 18.7. The highest BCUT2D eigenvalue weighted by Gasteiger charge is 2.02. The molecule has 0 saturated carbocycles. The van der Waals surface area contributed by atoms with E-state index in [0.717, 1.165) is 41.6 Å². The van der Waals surface area contributed by atoms with Gasteiger partial charge in [0.1, 0.15) is 0 Å². The number of nitrogens with two attached hydrogens (primary N) is 1. The number of nitrogens with one attached hydrogen (secondary N) is 1. The van der Waals surface area contributed by atoms with Crippen LogP contribution in [0.3, 0.4) is 0 Å². The molecular weight excluding hydrogens is 486 g/mol. The molecule has 38 heavy (non-hydrogen) atoms. The molecule has 0 bridgehead atoms. The van der Waals surface area contributed by atoms with Crippen molar-refractivity contribution in [3.05, 3.63) is 83.5 Å². The van der Waals surface area contributed by atoms with Gasteiger partial charge in [0.2, 0.25) is 5.95 Å². The maximum absolute atomic E-state index is 5.50. The number of benzene rings is 1. The lowest BCUT2D eigenvalue weighted by Crippen LogP contribution is -2.25. The zero-order valence-corrected chi connectivity index (χ0v) is 25.0. The normalized spacial score (nSPS) is 12.9. The van der Waals surface area contributed by atoms with Gasteiger partial charge >= 0.3 is 0 Å². The highest BCUT2D eigenvalue weighted by Crippen LogP contribution is 2.16. The summed E-state index contributed by atoms with van der Waals surface area (Å²) < 4.78 is 0. The number of allylic oxidation sites excluding steroid dienone is 4. The number of hydrogen-bond acceptors (Lipinski definition) is 6. The third kappa shape index (κ3) is 14.2. The molecule has 6 heteroatoms. The minimum atomic E-state index is 0.630. The van der Waals surface area contributed by atoms with Crippen LogP contribution in [0, 0.1) is 0 Å². The van der Waals surface area contributed by atoms with Gasteiger partial charge in [-0.3, -0.25) is 0 Å². The molecule has 2 aromatic rings. The first-order valence-corrected chi connectivity index (χ1v) is 15.4. The molecular formula is C32H49N5S. The van der Waals surface area contributed by atoms with Crippen molar-refractivity contribution in [1.29, 1.82) is 0 Å². The van der Waals surface area contributed by atoms with Crippen molar-refractivity contribution >= 4 is 35.9 Å². The number of anilines is 1. The Kier molecular flexibility index (Phi) is 19.4. The molecule has 0 radical (unpaired) electrons. The summed E-state index contributed by atoms with van der Waals surface area (Å²) in [7, 11) is 0. The van der Waals surface area contributed by atoms with Crippen LogP contribution in [-0.4, -0.2) is 46.5 Å². The lowest BCUT2D eigenvalue weighted by molar-refractivity contribution is 0.290. The zero-order chi connectivity index (χ0) is 27.8. The van der Waals surface area contributed by atoms with E-state index in [0.29, 0.717) is 5.95 Å². The summed E-state index contributed by atoms with van der Waals surface area (Å²) in [5, 5.41) is 3.29. The van der Waals surface area contributed by atoms with Crippen LogP contribution in [0.5, 0.6) is 0 Å². The Labute approximate surface area is 236 Å². The Morgan fingerprint density at radius 3 is 2.37 bits per heavy atom. The monoisotopic (exact) mass is 535 g/mol. The predicted molar refractivity (Wildman–Crippen MR) is 172 cm³/mol. The van der Waals surface area contributed by atoms with E-state index >= 15 is 0 Å². The Morgan fingerprint density at radius 2 is 1.74 bits per heavy atom. The van der Waals surface area contributed by atoms with E-state index < -0.39 is 0 Å². The summed E-state index contributed by atoms with van der Waals surface area (Å²) in [6.45, 7) is 12.3. The SMILES string of the molecule is CC.CCCN(CC)CCCSC.N/C=C\c1ccccc1/C=C/c1cnc(NC2=CC=CCCC2)nc1. The van der Waals surface area contributed by atoms with Crippen molar-refractivity contribution in [2.75, 3.05) is 37.0 Å². The molecule has 3 rings (SSSR count). The Bertz CT molecular complexity index is 980. The third-order valence-electron chi connectivity index (χ3n) is 5.73. The van der Waals surface area contributed by atoms with E-state index in [4.69, 9.17) is 5.73 Å². The van der Waals surface area contributed by atoms with Crippen molar-refractivity contribution in [2.45, 2.75) is 59.8 Å². The summed E-state index contributed by atoms with van der Waals surface area (Å²) in [6, 6.07) is 8.08. The van der Waals surface area contributed by atoms with E-state index in [2.05, 4.69) is 64.6 Å². The van der Waals surface area contributed by atoms with Gasteiger partial charge in [-0.15, -0.1) is 0 Å². The summed E-state index contributed by atoms with van der Waals surface area (Å²) in [6.07, 6.45) is 25.6. The van der Waals surface area contributed by atoms with E-state index in [1.165, 1.54) is 38.2 Å². The lowest BCUT2D eigenvalue weighted by atomic mass is 10.1. The minimum absolute atomic E-state index is 0.630. The highest BCUT2D eigenvalue weighted by atomic mass is 32.2. The second-order valence-corrected chi connectivity index (χ2v) is 9.56. The Morgan fingerprint density at radius 1 is 1.03 bits per heavy atom. The second kappa shape index (κ2) is 22.2. The molecule has 1 aromatic heterocycles. The summed E-state index contributed by atoms with van der Waals surface area (Å²) >= 11 is 1.95. The molecule has 208 valence electrons. The molecule has 1 aromatic carbocycles. The van der Waals surface area contributed by atoms with Gasteiger partial charge in [0.25, 0.3) is 0 Å². The Balaban J connectivity index is 0.000000470. The van der Waals surface area contributed by atoms with Crippen LogP contribution in [0.2, 0.25) is 0 Å². The van der Waals surface area contributed by atoms with Crippen molar-refractivity contribution in [3.8, 4) is 0 Å². The standard InChI is InChI=1S/C21H22N4.C9H21NS.C2H6/c22-14-13-19-8-6-5-7-18(19)12-11-17-15-23-21(24-16-17)25-20-9-3-1-2-4-10-20;1-4-7-10(5-2)8-6-9-11-3;1-2/h1,3,5-9,11-16H,2,4,10,22H2,(H,23,24,25);4-9H2,1-3H3;1-2H3/b12-11+,14-13-;;. The van der Waals surface area contributed by atoms with Gasteiger partial charge in [-0.05, 0) is 93.2 Å². The fourth-order valence-corrected chi connectivity index (χ4v) is 4.21. The van der Waals surface area contributed by atoms with Crippen LogP contribution in [0.15, 0.2) is 66.8 Å². The van der Waals surface area contributed by atoms with Gasteiger partial charge in [-0.2, -0.15) is 11.8 Å². The van der Waals surface area contributed by atoms with Crippen molar-refractivity contribution in [2.24, 2.45) is 5.73 Å². The summed E-state index contributed by atoms with van der Waals surface area (Å²) in [5.41, 5.74) is 9.78. The van der Waals surface area contributed by atoms with E-state index in [9.17, 15) is 0 Å². The van der Waals surface area contributed by atoms with E-state index in [-0.39, 0.29) is 0 Å². The van der Waals surface area contributed by atoms with Crippen molar-refractivity contribution in [1.82, 2.24) is 14.9 Å². The lowest BCUT2D eigenvalue weighted by Gasteiger charge is -2.18. The van der Waals surface area contributed by atoms with Gasteiger partial charge in [0.05, 0.1) is 0 Å². The molecule has 0 saturated heterocycles. The fraction of sp³-hybridized carbons (Fsp3) is 0.438. The van der Waals surface area contributed by atoms with Crippen LogP contribution in [0.4, 0.5) is 5.95 Å². The number of aromatic nitrogens is 2. The van der Waals surface area contributed by atoms with Crippen molar-refractivity contribution in [3.63, 3.8) is 0 Å². The van der Waals surface area contributed by atoms with Gasteiger partial charge < -0.3 is 16.0 Å². The maximum atomic E-state index is 5.50. The third-order valence-corrected chi connectivity index (χ3v) is 6.43. The smallest absolute Gasteiger partial charge is 0.226 e.